The molecule has 1 aliphatic heterocycles. The molecule has 0 bridgehead atoms. The van der Waals surface area contributed by atoms with Crippen molar-refractivity contribution in [2.45, 2.75) is 25.3 Å². The number of carbonyl (C=O) groups excluding carboxylic acids is 1. The molecule has 2 aromatic rings. The van der Waals surface area contributed by atoms with Crippen molar-refractivity contribution in [3.05, 3.63) is 71.0 Å². The van der Waals surface area contributed by atoms with Crippen LogP contribution in [0.25, 0.3) is 0 Å². The quantitative estimate of drug-likeness (QED) is 0.604. The molecule has 2 aromatic carbocycles. The van der Waals surface area contributed by atoms with E-state index in [1.54, 1.807) is 6.07 Å². The van der Waals surface area contributed by atoms with Crippen LogP contribution in [0.5, 0.6) is 0 Å². The molecule has 0 aromatic heterocycles. The zero-order chi connectivity index (χ0) is 18.7. The maximum atomic E-state index is 13.2. The Hall–Kier alpha value is -2.90. The van der Waals surface area contributed by atoms with E-state index < -0.39 is 29.6 Å². The van der Waals surface area contributed by atoms with Crippen LogP contribution in [0.15, 0.2) is 53.7 Å². The van der Waals surface area contributed by atoms with Crippen LogP contribution in [0.1, 0.15) is 23.1 Å². The number of esters is 1. The summed E-state index contributed by atoms with van der Waals surface area (Å²) in [5.41, 5.74) is 0.555. The summed E-state index contributed by atoms with van der Waals surface area (Å²) in [5, 5.41) is 3.77. The van der Waals surface area contributed by atoms with Gasteiger partial charge < -0.3 is 9.57 Å². The summed E-state index contributed by atoms with van der Waals surface area (Å²) in [4.78, 5) is 17.0. The predicted molar refractivity (Wildman–Crippen MR) is 83.7 cm³/mol. The van der Waals surface area contributed by atoms with Crippen molar-refractivity contribution in [3.63, 3.8) is 0 Å². The Morgan fingerprint density at radius 3 is 2.58 bits per heavy atom. The molecule has 0 fully saturated rings. The van der Waals surface area contributed by atoms with Crippen LogP contribution in [-0.2, 0) is 27.2 Å². The van der Waals surface area contributed by atoms with Crippen molar-refractivity contribution in [3.8, 4) is 0 Å². The summed E-state index contributed by atoms with van der Waals surface area (Å²) in [7, 11) is 0. The molecular weight excluding hydrogens is 354 g/mol. The van der Waals surface area contributed by atoms with Crippen LogP contribution < -0.4 is 0 Å². The number of hydrogen-bond acceptors (Lipinski definition) is 4. The molecule has 1 heterocycles. The van der Waals surface area contributed by atoms with Crippen molar-refractivity contribution < 1.29 is 31.9 Å². The molecule has 3 rings (SSSR count). The first-order valence-electron chi connectivity index (χ1n) is 7.64. The Kier molecular flexibility index (Phi) is 4.92. The molecular formula is C18H13F4NO3. The Balaban J connectivity index is 1.53. The molecule has 0 N–H and O–H groups in total. The molecule has 1 unspecified atom stereocenters. The van der Waals surface area contributed by atoms with Crippen LogP contribution in [0.4, 0.5) is 17.6 Å². The second-order valence-corrected chi connectivity index (χ2v) is 5.65. The number of carbonyl (C=O) groups is 1. The lowest BCUT2D eigenvalue weighted by Crippen LogP contribution is -2.23. The summed E-state index contributed by atoms with van der Waals surface area (Å²) in [6.45, 7) is -0.188. The average molecular weight is 367 g/mol. The van der Waals surface area contributed by atoms with E-state index in [2.05, 4.69) is 5.16 Å². The van der Waals surface area contributed by atoms with Crippen LogP contribution in [0, 0.1) is 5.82 Å². The first kappa shape index (κ1) is 17.9. The lowest BCUT2D eigenvalue weighted by Gasteiger charge is -2.10. The van der Waals surface area contributed by atoms with E-state index in [4.69, 9.17) is 9.57 Å². The van der Waals surface area contributed by atoms with Crippen LogP contribution in [-0.4, -0.2) is 17.8 Å². The molecule has 136 valence electrons. The first-order chi connectivity index (χ1) is 12.3. The monoisotopic (exact) mass is 367 g/mol. The van der Waals surface area contributed by atoms with Gasteiger partial charge in [-0.05, 0) is 29.8 Å². The third-order valence-corrected chi connectivity index (χ3v) is 3.75. The highest BCUT2D eigenvalue weighted by molar-refractivity contribution is 6.03. The number of hydrogen-bond donors (Lipinski definition) is 0. The zero-order valence-electron chi connectivity index (χ0n) is 13.3. The van der Waals surface area contributed by atoms with Gasteiger partial charge in [0.05, 0.1) is 11.3 Å². The molecule has 1 atom stereocenters. The highest BCUT2D eigenvalue weighted by atomic mass is 19.4. The smallest absolute Gasteiger partial charge is 0.416 e. The topological polar surface area (TPSA) is 47.9 Å². The van der Waals surface area contributed by atoms with Gasteiger partial charge in [-0.25, -0.2) is 9.18 Å². The predicted octanol–water partition coefficient (Wildman–Crippen LogP) is 4.08. The fourth-order valence-electron chi connectivity index (χ4n) is 2.38. The highest BCUT2D eigenvalue weighted by Gasteiger charge is 2.31. The number of oxime groups is 1. The molecule has 8 heteroatoms. The van der Waals surface area contributed by atoms with E-state index >= 15 is 0 Å². The average Bonchev–Trinajstić information content (AvgIpc) is 3.09. The van der Waals surface area contributed by atoms with Gasteiger partial charge in [0, 0.05) is 12.0 Å². The number of halogens is 4. The van der Waals surface area contributed by atoms with E-state index in [9.17, 15) is 22.4 Å². The summed E-state index contributed by atoms with van der Waals surface area (Å²) < 4.78 is 55.8. The fraction of sp³-hybridized carbons (Fsp3) is 0.222. The maximum Gasteiger partial charge on any atom is 0.416 e. The van der Waals surface area contributed by atoms with Crippen LogP contribution >= 0.6 is 0 Å². The van der Waals surface area contributed by atoms with E-state index in [1.165, 1.54) is 30.3 Å². The summed E-state index contributed by atoms with van der Waals surface area (Å²) in [6, 6.07) is 10.0. The Morgan fingerprint density at radius 1 is 1.19 bits per heavy atom. The van der Waals surface area contributed by atoms with Crippen molar-refractivity contribution in [2.75, 3.05) is 0 Å². The summed E-state index contributed by atoms with van der Waals surface area (Å²) in [6.07, 6.45) is -5.27. The number of alkyl halides is 3. The lowest BCUT2D eigenvalue weighted by atomic mass is 10.1. The molecule has 26 heavy (non-hydrogen) atoms. The van der Waals surface area contributed by atoms with E-state index in [1.807, 2.05) is 0 Å². The van der Waals surface area contributed by atoms with Gasteiger partial charge in [0.2, 0.25) is 6.10 Å². The van der Waals surface area contributed by atoms with E-state index in [-0.39, 0.29) is 13.0 Å². The minimum absolute atomic E-state index is 0.120. The summed E-state index contributed by atoms with van der Waals surface area (Å²) >= 11 is 0. The number of nitrogens with zero attached hydrogens (tertiary/aromatic N) is 1. The molecule has 0 radical (unpaired) electrons. The van der Waals surface area contributed by atoms with Gasteiger partial charge in [0.25, 0.3) is 0 Å². The van der Waals surface area contributed by atoms with Gasteiger partial charge in [-0.1, -0.05) is 29.4 Å². The van der Waals surface area contributed by atoms with Crippen molar-refractivity contribution in [2.24, 2.45) is 5.16 Å². The Bertz CT molecular complexity index is 831. The second-order valence-electron chi connectivity index (χ2n) is 5.65. The van der Waals surface area contributed by atoms with Gasteiger partial charge >= 0.3 is 12.1 Å². The molecule has 4 nitrogen and oxygen atoms in total. The second kappa shape index (κ2) is 7.15. The van der Waals surface area contributed by atoms with Crippen molar-refractivity contribution >= 4 is 11.7 Å². The van der Waals surface area contributed by atoms with Gasteiger partial charge in [-0.3, -0.25) is 0 Å². The number of rotatable bonds is 4. The third-order valence-electron chi connectivity index (χ3n) is 3.75. The molecule has 1 aliphatic rings. The maximum absolute atomic E-state index is 13.2. The summed E-state index contributed by atoms with van der Waals surface area (Å²) in [5.74, 6) is -1.13. The van der Waals surface area contributed by atoms with E-state index in [0.717, 1.165) is 12.1 Å². The fourth-order valence-corrected chi connectivity index (χ4v) is 2.38. The third kappa shape index (κ3) is 4.19. The van der Waals surface area contributed by atoms with Crippen LogP contribution in [0.3, 0.4) is 0 Å². The normalized spacial score (nSPS) is 16.8. The minimum atomic E-state index is -4.42. The van der Waals surface area contributed by atoms with Gasteiger partial charge in [0.15, 0.2) is 0 Å². The molecule has 0 saturated heterocycles. The number of benzene rings is 2. The SMILES string of the molecule is O=C(OCc1ccc(C(F)(F)F)cc1)C1CC(c2cccc(F)c2)=NO1. The van der Waals surface area contributed by atoms with Gasteiger partial charge in [0.1, 0.15) is 12.4 Å². The Morgan fingerprint density at radius 2 is 1.92 bits per heavy atom. The van der Waals surface area contributed by atoms with Crippen molar-refractivity contribution in [1.82, 2.24) is 0 Å². The van der Waals surface area contributed by atoms with Gasteiger partial charge in [-0.2, -0.15) is 13.2 Å². The first-order valence-corrected chi connectivity index (χ1v) is 7.64. The minimum Gasteiger partial charge on any atom is -0.458 e. The molecule has 0 aliphatic carbocycles. The van der Waals surface area contributed by atoms with Crippen molar-refractivity contribution in [1.29, 1.82) is 0 Å². The lowest BCUT2D eigenvalue weighted by molar-refractivity contribution is -0.156. The standard InChI is InChI=1S/C18H13F4NO3/c19-14-3-1-2-12(8-14)15-9-16(26-23-15)17(24)25-10-11-4-6-13(7-5-11)18(20,21)22/h1-8,16H,9-10H2. The molecule has 0 saturated carbocycles. The highest BCUT2D eigenvalue weighted by Crippen LogP contribution is 2.29. The van der Waals surface area contributed by atoms with Gasteiger partial charge in [-0.15, -0.1) is 0 Å². The zero-order valence-corrected chi connectivity index (χ0v) is 13.3. The largest absolute Gasteiger partial charge is 0.458 e. The molecule has 0 spiro atoms. The Labute approximate surface area is 146 Å². The number of ether oxygens (including phenoxy) is 1. The van der Waals surface area contributed by atoms with E-state index in [0.29, 0.717) is 16.8 Å². The molecule has 0 amide bonds. The van der Waals surface area contributed by atoms with Crippen LogP contribution in [0.2, 0.25) is 0 Å².